The van der Waals surface area contributed by atoms with Crippen molar-refractivity contribution in [2.75, 3.05) is 11.4 Å². The van der Waals surface area contributed by atoms with Gasteiger partial charge in [-0.15, -0.1) is 0 Å². The van der Waals surface area contributed by atoms with Crippen LogP contribution in [0.3, 0.4) is 0 Å². The first-order valence-electron chi connectivity index (χ1n) is 7.45. The second kappa shape index (κ2) is 5.90. The van der Waals surface area contributed by atoms with Gasteiger partial charge >= 0.3 is 0 Å². The third-order valence-electron chi connectivity index (χ3n) is 3.91. The lowest BCUT2D eigenvalue weighted by Gasteiger charge is -2.19. The molecule has 1 aliphatic heterocycles. The average molecular weight is 288 g/mol. The van der Waals surface area contributed by atoms with Crippen LogP contribution in [-0.2, 0) is 19.5 Å². The van der Waals surface area contributed by atoms with E-state index in [9.17, 15) is 4.39 Å². The highest BCUT2D eigenvalue weighted by Crippen LogP contribution is 2.30. The average Bonchev–Trinajstić information content (AvgIpc) is 3.04. The summed E-state index contributed by atoms with van der Waals surface area (Å²) in [7, 11) is 0. The fourth-order valence-electron chi connectivity index (χ4n) is 2.75. The fraction of sp³-hybridized carbons (Fsp3) is 0.412. The normalized spacial score (nSPS) is 14.0. The Kier molecular flexibility index (Phi) is 3.97. The van der Waals surface area contributed by atoms with E-state index in [1.165, 1.54) is 17.2 Å². The van der Waals surface area contributed by atoms with Crippen molar-refractivity contribution < 1.29 is 8.81 Å². The van der Waals surface area contributed by atoms with E-state index in [1.807, 2.05) is 12.1 Å². The minimum Gasteiger partial charge on any atom is -0.468 e. The van der Waals surface area contributed by atoms with Crippen LogP contribution >= 0.6 is 0 Å². The molecule has 0 saturated carbocycles. The molecule has 1 aromatic heterocycles. The van der Waals surface area contributed by atoms with Gasteiger partial charge in [0.1, 0.15) is 11.6 Å². The molecule has 2 heterocycles. The van der Waals surface area contributed by atoms with Gasteiger partial charge in [0.25, 0.3) is 0 Å². The number of halogens is 1. The molecule has 0 unspecified atom stereocenters. The van der Waals surface area contributed by atoms with Crippen LogP contribution in [0.4, 0.5) is 10.1 Å². The van der Waals surface area contributed by atoms with E-state index < -0.39 is 0 Å². The number of rotatable bonds is 5. The van der Waals surface area contributed by atoms with Crippen molar-refractivity contribution in [1.29, 1.82) is 0 Å². The number of benzene rings is 1. The first-order chi connectivity index (χ1) is 10.1. The number of hydrogen-bond donors (Lipinski definition) is 1. The van der Waals surface area contributed by atoms with Crippen LogP contribution in [-0.4, -0.2) is 12.6 Å². The van der Waals surface area contributed by atoms with Crippen LogP contribution in [0.5, 0.6) is 0 Å². The van der Waals surface area contributed by atoms with E-state index in [1.54, 1.807) is 12.3 Å². The third kappa shape index (κ3) is 3.10. The van der Waals surface area contributed by atoms with E-state index in [2.05, 4.69) is 24.1 Å². The van der Waals surface area contributed by atoms with E-state index in [4.69, 9.17) is 4.42 Å². The monoisotopic (exact) mass is 288 g/mol. The molecule has 21 heavy (non-hydrogen) atoms. The van der Waals surface area contributed by atoms with E-state index in [0.717, 1.165) is 37.5 Å². The molecule has 0 amide bonds. The Morgan fingerprint density at radius 1 is 1.33 bits per heavy atom. The lowest BCUT2D eigenvalue weighted by atomic mass is 10.1. The third-order valence-corrected chi connectivity index (χ3v) is 3.91. The highest BCUT2D eigenvalue weighted by Gasteiger charge is 2.21. The van der Waals surface area contributed by atoms with Gasteiger partial charge in [-0.2, -0.15) is 0 Å². The van der Waals surface area contributed by atoms with Crippen molar-refractivity contribution in [1.82, 2.24) is 5.32 Å². The Labute approximate surface area is 124 Å². The minimum absolute atomic E-state index is 0.172. The zero-order chi connectivity index (χ0) is 14.8. The first kappa shape index (κ1) is 14.1. The van der Waals surface area contributed by atoms with Crippen LogP contribution in [0.25, 0.3) is 0 Å². The summed E-state index contributed by atoms with van der Waals surface area (Å²) >= 11 is 0. The van der Waals surface area contributed by atoms with Crippen molar-refractivity contribution >= 4 is 5.69 Å². The molecular weight excluding hydrogens is 267 g/mol. The zero-order valence-electron chi connectivity index (χ0n) is 12.5. The molecule has 1 N–H and O–H groups in total. The summed E-state index contributed by atoms with van der Waals surface area (Å²) in [5.74, 6) is 0.795. The molecule has 0 fully saturated rings. The molecular formula is C17H21FN2O. The number of nitrogens with zero attached hydrogens (tertiary/aromatic N) is 1. The van der Waals surface area contributed by atoms with Gasteiger partial charge in [0, 0.05) is 30.4 Å². The van der Waals surface area contributed by atoms with Gasteiger partial charge in [0.2, 0.25) is 0 Å². The second-order valence-electron chi connectivity index (χ2n) is 5.85. The molecule has 0 saturated heterocycles. The Hall–Kier alpha value is -1.81. The van der Waals surface area contributed by atoms with Gasteiger partial charge in [-0.25, -0.2) is 4.39 Å². The molecule has 0 radical (unpaired) electrons. The lowest BCUT2D eigenvalue weighted by molar-refractivity contribution is 0.460. The fourth-order valence-corrected chi connectivity index (χ4v) is 2.75. The molecule has 1 aliphatic rings. The molecule has 1 aromatic carbocycles. The molecule has 0 aliphatic carbocycles. The van der Waals surface area contributed by atoms with Crippen molar-refractivity contribution in [3.63, 3.8) is 0 Å². The van der Waals surface area contributed by atoms with Gasteiger partial charge in [0.05, 0.1) is 12.8 Å². The Morgan fingerprint density at radius 3 is 3.00 bits per heavy atom. The minimum atomic E-state index is -0.172. The summed E-state index contributed by atoms with van der Waals surface area (Å²) in [5, 5.41) is 3.37. The maximum Gasteiger partial charge on any atom is 0.125 e. The molecule has 0 spiro atoms. The first-order valence-corrected chi connectivity index (χ1v) is 7.45. The van der Waals surface area contributed by atoms with Crippen LogP contribution < -0.4 is 10.2 Å². The molecule has 4 heteroatoms. The summed E-state index contributed by atoms with van der Waals surface area (Å²) in [6, 6.07) is 7.49. The number of hydrogen-bond acceptors (Lipinski definition) is 3. The summed E-state index contributed by atoms with van der Waals surface area (Å²) in [5.41, 5.74) is 3.40. The van der Waals surface area contributed by atoms with Gasteiger partial charge < -0.3 is 14.6 Å². The van der Waals surface area contributed by atoms with Gasteiger partial charge in [0.15, 0.2) is 0 Å². The van der Waals surface area contributed by atoms with Crippen molar-refractivity contribution in [2.24, 2.45) is 0 Å². The predicted octanol–water partition coefficient (Wildman–Crippen LogP) is 3.48. The molecule has 0 atom stereocenters. The standard InChI is InChI=1S/C17H21FN2O/c1-12(2)19-10-17-14(6-8-21-17)11-20-7-5-13-3-4-15(18)9-16(13)20/h3-4,6,8-9,12,19H,5,7,10-11H2,1-2H3. The molecule has 3 nitrogen and oxygen atoms in total. The molecule has 2 aromatic rings. The second-order valence-corrected chi connectivity index (χ2v) is 5.85. The summed E-state index contributed by atoms with van der Waals surface area (Å²) in [6.07, 6.45) is 2.71. The highest BCUT2D eigenvalue weighted by atomic mass is 19.1. The van der Waals surface area contributed by atoms with Crippen molar-refractivity contribution in [2.45, 2.75) is 39.4 Å². The smallest absolute Gasteiger partial charge is 0.125 e. The number of anilines is 1. The van der Waals surface area contributed by atoms with Crippen molar-refractivity contribution in [3.8, 4) is 0 Å². The Morgan fingerprint density at radius 2 is 2.19 bits per heavy atom. The quantitative estimate of drug-likeness (QED) is 0.913. The predicted molar refractivity (Wildman–Crippen MR) is 81.8 cm³/mol. The van der Waals surface area contributed by atoms with E-state index in [-0.39, 0.29) is 5.82 Å². The van der Waals surface area contributed by atoms with Crippen molar-refractivity contribution in [3.05, 3.63) is 53.2 Å². The number of nitrogens with one attached hydrogen (secondary N) is 1. The summed E-state index contributed by atoms with van der Waals surface area (Å²) < 4.78 is 19.0. The summed E-state index contributed by atoms with van der Waals surface area (Å²) in [6.45, 7) is 6.65. The highest BCUT2D eigenvalue weighted by molar-refractivity contribution is 5.58. The van der Waals surface area contributed by atoms with Crippen LogP contribution in [0.1, 0.15) is 30.7 Å². The van der Waals surface area contributed by atoms with E-state index >= 15 is 0 Å². The van der Waals surface area contributed by atoms with Crippen LogP contribution in [0.2, 0.25) is 0 Å². The summed E-state index contributed by atoms with van der Waals surface area (Å²) in [4.78, 5) is 2.22. The SMILES string of the molecule is CC(C)NCc1occc1CN1CCc2ccc(F)cc21. The van der Waals surface area contributed by atoms with Gasteiger partial charge in [-0.3, -0.25) is 0 Å². The molecule has 3 rings (SSSR count). The Bertz CT molecular complexity index is 621. The molecule has 112 valence electrons. The maximum absolute atomic E-state index is 13.4. The van der Waals surface area contributed by atoms with E-state index in [0.29, 0.717) is 6.04 Å². The molecule has 0 bridgehead atoms. The maximum atomic E-state index is 13.4. The lowest BCUT2D eigenvalue weighted by Crippen LogP contribution is -2.24. The van der Waals surface area contributed by atoms with Crippen LogP contribution in [0.15, 0.2) is 34.9 Å². The number of furan rings is 1. The van der Waals surface area contributed by atoms with Gasteiger partial charge in [-0.1, -0.05) is 19.9 Å². The topological polar surface area (TPSA) is 28.4 Å². The zero-order valence-corrected chi connectivity index (χ0v) is 12.5. The number of fused-ring (bicyclic) bond motifs is 1. The van der Waals surface area contributed by atoms with Gasteiger partial charge in [-0.05, 0) is 30.2 Å². The Balaban J connectivity index is 1.74. The van der Waals surface area contributed by atoms with Crippen LogP contribution in [0, 0.1) is 5.82 Å². The largest absolute Gasteiger partial charge is 0.468 e.